The summed E-state index contributed by atoms with van der Waals surface area (Å²) in [4.78, 5) is 16.4. The van der Waals surface area contributed by atoms with Gasteiger partial charge in [-0.3, -0.25) is 10.1 Å². The fourth-order valence-electron chi connectivity index (χ4n) is 2.20. The van der Waals surface area contributed by atoms with E-state index in [1.165, 1.54) is 18.7 Å². The number of nitro groups is 1. The number of nitrogens with zero attached hydrogens (tertiary/aromatic N) is 3. The maximum atomic E-state index is 10.5. The first kappa shape index (κ1) is 14.7. The molecule has 2 rings (SSSR count). The van der Waals surface area contributed by atoms with Gasteiger partial charge in [0.25, 0.3) is 5.69 Å². The summed E-state index contributed by atoms with van der Waals surface area (Å²) in [6, 6.07) is 3.49. The zero-order chi connectivity index (χ0) is 12.3. The van der Waals surface area contributed by atoms with Crippen LogP contribution in [0.25, 0.3) is 0 Å². The molecule has 1 aromatic heterocycles. The van der Waals surface area contributed by atoms with Gasteiger partial charge in [0, 0.05) is 25.2 Å². The minimum absolute atomic E-state index is 0. The number of hydrogen-bond acceptors (Lipinski definition) is 5. The summed E-state index contributed by atoms with van der Waals surface area (Å²) in [5.74, 6) is 0.783. The molecule has 18 heavy (non-hydrogen) atoms. The van der Waals surface area contributed by atoms with Crippen LogP contribution in [0.15, 0.2) is 18.3 Å². The molecule has 0 bridgehead atoms. The number of piperidine rings is 1. The van der Waals surface area contributed by atoms with E-state index in [0.29, 0.717) is 12.6 Å². The first-order chi connectivity index (χ1) is 8.22. The molecule has 1 aliphatic rings. The van der Waals surface area contributed by atoms with Gasteiger partial charge in [-0.05, 0) is 25.3 Å². The van der Waals surface area contributed by atoms with E-state index in [4.69, 9.17) is 5.73 Å². The van der Waals surface area contributed by atoms with Crippen molar-refractivity contribution < 1.29 is 4.92 Å². The van der Waals surface area contributed by atoms with Gasteiger partial charge in [-0.25, -0.2) is 4.98 Å². The summed E-state index contributed by atoms with van der Waals surface area (Å²) in [6.07, 6.45) is 4.67. The highest BCUT2D eigenvalue weighted by Gasteiger charge is 2.22. The molecule has 0 saturated carbocycles. The summed E-state index contributed by atoms with van der Waals surface area (Å²) in [7, 11) is 0. The minimum Gasteiger partial charge on any atom is -0.352 e. The standard InChI is InChI=1S/C11H16N4O2.ClH/c12-7-9-3-1-2-6-14(9)11-5-4-10(8-13-11)15(16)17;/h4-5,8-9H,1-3,6-7,12H2;1H. The molecule has 2 N–H and O–H groups in total. The van der Waals surface area contributed by atoms with E-state index in [9.17, 15) is 10.1 Å². The number of anilines is 1. The Balaban J connectivity index is 0.00000162. The molecular weight excluding hydrogens is 256 g/mol. The largest absolute Gasteiger partial charge is 0.352 e. The van der Waals surface area contributed by atoms with Crippen LogP contribution in [0.4, 0.5) is 11.5 Å². The van der Waals surface area contributed by atoms with Crippen molar-refractivity contribution in [2.45, 2.75) is 25.3 Å². The quantitative estimate of drug-likeness (QED) is 0.669. The van der Waals surface area contributed by atoms with Crippen LogP contribution < -0.4 is 10.6 Å². The second kappa shape index (κ2) is 6.51. The molecule has 1 fully saturated rings. The molecule has 1 unspecified atom stereocenters. The molecule has 1 aromatic rings. The normalized spacial score (nSPS) is 19.2. The van der Waals surface area contributed by atoms with E-state index in [2.05, 4.69) is 9.88 Å². The van der Waals surface area contributed by atoms with Crippen molar-refractivity contribution in [2.75, 3.05) is 18.0 Å². The molecule has 0 amide bonds. The van der Waals surface area contributed by atoms with Crippen LogP contribution in [0.5, 0.6) is 0 Å². The maximum absolute atomic E-state index is 10.5. The lowest BCUT2D eigenvalue weighted by Crippen LogP contribution is -2.44. The monoisotopic (exact) mass is 272 g/mol. The molecule has 0 aliphatic carbocycles. The number of halogens is 1. The van der Waals surface area contributed by atoms with E-state index < -0.39 is 4.92 Å². The average molecular weight is 273 g/mol. The molecule has 100 valence electrons. The summed E-state index contributed by atoms with van der Waals surface area (Å²) in [5.41, 5.74) is 5.75. The van der Waals surface area contributed by atoms with Crippen LogP contribution >= 0.6 is 12.4 Å². The third kappa shape index (κ3) is 3.08. The SMILES string of the molecule is Cl.NCC1CCCCN1c1ccc([N+](=O)[O-])cn1. The van der Waals surface area contributed by atoms with Gasteiger partial charge < -0.3 is 10.6 Å². The first-order valence-electron chi connectivity index (χ1n) is 5.79. The Morgan fingerprint density at radius 1 is 1.50 bits per heavy atom. The topological polar surface area (TPSA) is 85.3 Å². The van der Waals surface area contributed by atoms with Crippen molar-refractivity contribution in [1.29, 1.82) is 0 Å². The summed E-state index contributed by atoms with van der Waals surface area (Å²) in [5, 5.41) is 10.5. The number of nitrogens with two attached hydrogens (primary N) is 1. The van der Waals surface area contributed by atoms with Crippen molar-refractivity contribution in [3.8, 4) is 0 Å². The van der Waals surface area contributed by atoms with E-state index in [1.54, 1.807) is 6.07 Å². The predicted molar refractivity (Wildman–Crippen MR) is 72.2 cm³/mol. The van der Waals surface area contributed by atoms with Crippen molar-refractivity contribution in [3.05, 3.63) is 28.4 Å². The lowest BCUT2D eigenvalue weighted by molar-refractivity contribution is -0.385. The minimum atomic E-state index is -0.437. The van der Waals surface area contributed by atoms with E-state index in [-0.39, 0.29) is 18.1 Å². The van der Waals surface area contributed by atoms with Gasteiger partial charge >= 0.3 is 0 Å². The van der Waals surface area contributed by atoms with Crippen LogP contribution in [-0.4, -0.2) is 29.0 Å². The molecule has 0 aromatic carbocycles. The van der Waals surface area contributed by atoms with Crippen LogP contribution in [0, 0.1) is 10.1 Å². The number of aromatic nitrogens is 1. The zero-order valence-electron chi connectivity index (χ0n) is 9.99. The highest BCUT2D eigenvalue weighted by Crippen LogP contribution is 2.23. The second-order valence-electron chi connectivity index (χ2n) is 4.21. The van der Waals surface area contributed by atoms with Gasteiger partial charge in [-0.2, -0.15) is 0 Å². The third-order valence-electron chi connectivity index (χ3n) is 3.14. The van der Waals surface area contributed by atoms with E-state index in [1.807, 2.05) is 0 Å². The van der Waals surface area contributed by atoms with E-state index in [0.717, 1.165) is 25.2 Å². The Morgan fingerprint density at radius 2 is 2.28 bits per heavy atom. The molecule has 1 aliphatic heterocycles. The van der Waals surface area contributed by atoms with Crippen LogP contribution in [-0.2, 0) is 0 Å². The fourth-order valence-corrected chi connectivity index (χ4v) is 2.20. The number of hydrogen-bond donors (Lipinski definition) is 1. The second-order valence-corrected chi connectivity index (χ2v) is 4.21. The van der Waals surface area contributed by atoms with Crippen molar-refractivity contribution in [2.24, 2.45) is 5.73 Å². The Kier molecular flexibility index (Phi) is 5.30. The summed E-state index contributed by atoms with van der Waals surface area (Å²) >= 11 is 0. The molecule has 2 heterocycles. The van der Waals surface area contributed by atoms with Crippen LogP contribution in [0.3, 0.4) is 0 Å². The molecule has 0 spiro atoms. The Bertz CT molecular complexity index is 399. The highest BCUT2D eigenvalue weighted by atomic mass is 35.5. The van der Waals surface area contributed by atoms with Crippen LogP contribution in [0.1, 0.15) is 19.3 Å². The van der Waals surface area contributed by atoms with Gasteiger partial charge in [-0.15, -0.1) is 12.4 Å². The molecule has 1 saturated heterocycles. The molecular formula is C11H17ClN4O2. The van der Waals surface area contributed by atoms with Gasteiger partial charge in [0.05, 0.1) is 4.92 Å². The number of rotatable bonds is 3. The lowest BCUT2D eigenvalue weighted by Gasteiger charge is -2.35. The first-order valence-corrected chi connectivity index (χ1v) is 5.79. The molecule has 0 radical (unpaired) electrons. The highest BCUT2D eigenvalue weighted by molar-refractivity contribution is 5.85. The summed E-state index contributed by atoms with van der Waals surface area (Å²) < 4.78 is 0. The van der Waals surface area contributed by atoms with Crippen molar-refractivity contribution in [3.63, 3.8) is 0 Å². The van der Waals surface area contributed by atoms with Gasteiger partial charge in [-0.1, -0.05) is 0 Å². The van der Waals surface area contributed by atoms with Crippen molar-refractivity contribution in [1.82, 2.24) is 4.98 Å². The Hall–Kier alpha value is -1.40. The summed E-state index contributed by atoms with van der Waals surface area (Å²) in [6.45, 7) is 1.52. The maximum Gasteiger partial charge on any atom is 0.287 e. The Labute approximate surface area is 112 Å². The predicted octanol–water partition coefficient (Wildman–Crippen LogP) is 1.73. The molecule has 1 atom stereocenters. The average Bonchev–Trinajstić information content (AvgIpc) is 2.39. The zero-order valence-corrected chi connectivity index (χ0v) is 10.8. The van der Waals surface area contributed by atoms with Gasteiger partial charge in [0.15, 0.2) is 0 Å². The smallest absolute Gasteiger partial charge is 0.287 e. The molecule has 7 heteroatoms. The van der Waals surface area contributed by atoms with Gasteiger partial charge in [0.2, 0.25) is 0 Å². The third-order valence-corrected chi connectivity index (χ3v) is 3.14. The van der Waals surface area contributed by atoms with Crippen LogP contribution in [0.2, 0.25) is 0 Å². The van der Waals surface area contributed by atoms with Crippen molar-refractivity contribution >= 4 is 23.9 Å². The molecule has 6 nitrogen and oxygen atoms in total. The fraction of sp³-hybridized carbons (Fsp3) is 0.545. The van der Waals surface area contributed by atoms with E-state index >= 15 is 0 Å². The van der Waals surface area contributed by atoms with Gasteiger partial charge in [0.1, 0.15) is 12.0 Å². The Morgan fingerprint density at radius 3 is 2.83 bits per heavy atom. The lowest BCUT2D eigenvalue weighted by atomic mass is 10.0. The number of pyridine rings is 1.